The smallest absolute Gasteiger partial charge is 0.423 e. The number of cyclic esters (lactones) is 1. The topological polar surface area (TPSA) is 116 Å². The molecule has 2 N–H and O–H groups in total. The quantitative estimate of drug-likeness (QED) is 0.686. The lowest BCUT2D eigenvalue weighted by Gasteiger charge is -2.23. The zero-order valence-corrected chi connectivity index (χ0v) is 11.2. The highest BCUT2D eigenvalue weighted by molar-refractivity contribution is 7.90. The third-order valence-electron chi connectivity index (χ3n) is 1.99. The van der Waals surface area contributed by atoms with Crippen molar-refractivity contribution in [2.75, 3.05) is 13.2 Å². The van der Waals surface area contributed by atoms with E-state index >= 15 is 0 Å². The van der Waals surface area contributed by atoms with Crippen LogP contribution in [-0.2, 0) is 24.3 Å². The number of carbonyl (C=O) groups is 2. The zero-order chi connectivity index (χ0) is 14.1. The maximum atomic E-state index is 11.9. The normalized spacial score (nSPS) is 18.4. The average molecular weight is 280 g/mol. The van der Waals surface area contributed by atoms with Crippen LogP contribution in [-0.4, -0.2) is 48.9 Å². The first kappa shape index (κ1) is 14.7. The van der Waals surface area contributed by atoms with Crippen molar-refractivity contribution in [1.29, 1.82) is 0 Å². The van der Waals surface area contributed by atoms with Crippen LogP contribution in [0.1, 0.15) is 20.8 Å². The molecule has 0 bridgehead atoms. The molecule has 1 amide bonds. The lowest BCUT2D eigenvalue weighted by molar-refractivity contribution is -0.154. The fraction of sp³-hybridized carbons (Fsp3) is 0.778. The molecule has 9 heteroatoms. The molecule has 18 heavy (non-hydrogen) atoms. The Morgan fingerprint density at radius 2 is 2.06 bits per heavy atom. The third kappa shape index (κ3) is 3.10. The number of sulfonamides is 1. The van der Waals surface area contributed by atoms with Crippen molar-refractivity contribution in [1.82, 2.24) is 4.31 Å². The Bertz CT molecular complexity index is 452. The molecule has 104 valence electrons. The highest BCUT2D eigenvalue weighted by Gasteiger charge is 2.42. The van der Waals surface area contributed by atoms with Crippen LogP contribution in [0.2, 0.25) is 0 Å². The number of esters is 1. The molecule has 8 nitrogen and oxygen atoms in total. The minimum atomic E-state index is -4.30. The van der Waals surface area contributed by atoms with Crippen molar-refractivity contribution in [2.45, 2.75) is 31.7 Å². The van der Waals surface area contributed by atoms with Crippen LogP contribution in [0.5, 0.6) is 0 Å². The molecule has 1 aliphatic rings. The Kier molecular flexibility index (Phi) is 3.86. The molecule has 1 fully saturated rings. The second kappa shape index (κ2) is 4.73. The van der Waals surface area contributed by atoms with Gasteiger partial charge in [-0.15, -0.1) is 0 Å². The van der Waals surface area contributed by atoms with Gasteiger partial charge in [-0.05, 0) is 20.8 Å². The SMILES string of the molecule is CC(C)(C)OC(=O)C(N)S(=O)(=O)N1CCOC1=O. The van der Waals surface area contributed by atoms with Crippen molar-refractivity contribution in [2.24, 2.45) is 5.73 Å². The van der Waals surface area contributed by atoms with Gasteiger partial charge in [-0.25, -0.2) is 18.0 Å². The summed E-state index contributed by atoms with van der Waals surface area (Å²) in [6.07, 6.45) is -1.03. The molecule has 1 atom stereocenters. The predicted molar refractivity (Wildman–Crippen MR) is 60.8 cm³/mol. The molecular weight excluding hydrogens is 264 g/mol. The van der Waals surface area contributed by atoms with Crippen molar-refractivity contribution < 1.29 is 27.5 Å². The molecule has 1 rings (SSSR count). The van der Waals surface area contributed by atoms with Crippen LogP contribution < -0.4 is 5.73 Å². The fourth-order valence-corrected chi connectivity index (χ4v) is 2.38. The van der Waals surface area contributed by atoms with E-state index in [9.17, 15) is 18.0 Å². The lowest BCUT2D eigenvalue weighted by atomic mass is 10.2. The maximum absolute atomic E-state index is 11.9. The maximum Gasteiger partial charge on any atom is 0.423 e. The summed E-state index contributed by atoms with van der Waals surface area (Å²) in [6, 6.07) is 0. The summed E-state index contributed by atoms with van der Waals surface area (Å²) < 4.78 is 33.5. The van der Waals surface area contributed by atoms with Crippen LogP contribution in [0.25, 0.3) is 0 Å². The molecule has 1 unspecified atom stereocenters. The van der Waals surface area contributed by atoms with Gasteiger partial charge < -0.3 is 15.2 Å². The zero-order valence-electron chi connectivity index (χ0n) is 10.4. The van der Waals surface area contributed by atoms with Gasteiger partial charge in [0, 0.05) is 0 Å². The number of hydrogen-bond acceptors (Lipinski definition) is 7. The molecule has 0 aromatic carbocycles. The largest absolute Gasteiger partial charge is 0.458 e. The van der Waals surface area contributed by atoms with Gasteiger partial charge in [-0.2, -0.15) is 4.31 Å². The van der Waals surface area contributed by atoms with Crippen LogP contribution in [0.4, 0.5) is 4.79 Å². The van der Waals surface area contributed by atoms with Crippen molar-refractivity contribution >= 4 is 22.1 Å². The first-order valence-corrected chi connectivity index (χ1v) is 6.73. The standard InChI is InChI=1S/C9H16N2O6S/c1-9(2,3)17-7(12)6(10)18(14,15)11-4-5-16-8(11)13/h6H,4-5,10H2,1-3H3. The minimum absolute atomic E-state index is 0.0564. The Morgan fingerprint density at radius 1 is 1.50 bits per heavy atom. The number of nitrogens with two attached hydrogens (primary N) is 1. The Hall–Kier alpha value is -1.35. The van der Waals surface area contributed by atoms with E-state index in [1.807, 2.05) is 0 Å². The van der Waals surface area contributed by atoms with E-state index in [4.69, 9.17) is 10.5 Å². The number of ether oxygens (including phenoxy) is 2. The summed E-state index contributed by atoms with van der Waals surface area (Å²) in [5, 5.41) is -1.94. The average Bonchev–Trinajstić information content (AvgIpc) is 2.61. The van der Waals surface area contributed by atoms with Gasteiger partial charge in [0.25, 0.3) is 10.0 Å². The van der Waals surface area contributed by atoms with E-state index in [1.165, 1.54) is 0 Å². The number of carbonyl (C=O) groups excluding carboxylic acids is 2. The third-order valence-corrected chi connectivity index (χ3v) is 3.77. The van der Waals surface area contributed by atoms with E-state index in [-0.39, 0.29) is 13.2 Å². The van der Waals surface area contributed by atoms with E-state index in [0.717, 1.165) is 0 Å². The second-order valence-corrected chi connectivity index (χ2v) is 6.66. The highest BCUT2D eigenvalue weighted by Crippen LogP contribution is 2.16. The van der Waals surface area contributed by atoms with Gasteiger partial charge in [-0.1, -0.05) is 0 Å². The first-order valence-electron chi connectivity index (χ1n) is 5.22. The van der Waals surface area contributed by atoms with Crippen LogP contribution in [0, 0.1) is 0 Å². The van der Waals surface area contributed by atoms with Gasteiger partial charge in [0.2, 0.25) is 5.37 Å². The molecule has 0 saturated carbocycles. The molecule has 0 aromatic rings. The van der Waals surface area contributed by atoms with Gasteiger partial charge >= 0.3 is 12.1 Å². The highest BCUT2D eigenvalue weighted by atomic mass is 32.2. The van der Waals surface area contributed by atoms with Crippen LogP contribution in [0.3, 0.4) is 0 Å². The molecular formula is C9H16N2O6S. The van der Waals surface area contributed by atoms with Gasteiger partial charge in [0.1, 0.15) is 12.2 Å². The van der Waals surface area contributed by atoms with E-state index in [1.54, 1.807) is 20.8 Å². The van der Waals surface area contributed by atoms with Crippen LogP contribution >= 0.6 is 0 Å². The van der Waals surface area contributed by atoms with Gasteiger partial charge in [0.05, 0.1) is 6.54 Å². The molecule has 0 aromatic heterocycles. The Morgan fingerprint density at radius 3 is 2.44 bits per heavy atom. The summed E-state index contributed by atoms with van der Waals surface area (Å²) in [5.74, 6) is -1.11. The molecule has 1 saturated heterocycles. The van der Waals surface area contributed by atoms with Gasteiger partial charge in [0.15, 0.2) is 0 Å². The molecule has 0 radical (unpaired) electrons. The Labute approximate surface area is 105 Å². The predicted octanol–water partition coefficient (Wildman–Crippen LogP) is -0.605. The number of nitrogens with zero attached hydrogens (tertiary/aromatic N) is 1. The van der Waals surface area contributed by atoms with E-state index in [0.29, 0.717) is 4.31 Å². The summed E-state index contributed by atoms with van der Waals surface area (Å²) in [7, 11) is -4.30. The molecule has 0 aliphatic carbocycles. The monoisotopic (exact) mass is 280 g/mol. The fourth-order valence-electron chi connectivity index (χ4n) is 1.23. The summed E-state index contributed by atoms with van der Waals surface area (Å²) >= 11 is 0. The van der Waals surface area contributed by atoms with Crippen LogP contribution in [0.15, 0.2) is 0 Å². The first-order chi connectivity index (χ1) is 8.05. The summed E-state index contributed by atoms with van der Waals surface area (Å²) in [5.41, 5.74) is 4.47. The Balaban J connectivity index is 2.85. The molecule has 1 heterocycles. The van der Waals surface area contributed by atoms with Crippen molar-refractivity contribution in [3.05, 3.63) is 0 Å². The number of rotatable bonds is 3. The molecule has 0 spiro atoms. The molecule has 1 aliphatic heterocycles. The van der Waals surface area contributed by atoms with E-state index < -0.39 is 33.1 Å². The van der Waals surface area contributed by atoms with Crippen molar-refractivity contribution in [3.63, 3.8) is 0 Å². The summed E-state index contributed by atoms with van der Waals surface area (Å²) in [4.78, 5) is 22.7. The van der Waals surface area contributed by atoms with Gasteiger partial charge in [-0.3, -0.25) is 0 Å². The summed E-state index contributed by atoms with van der Waals surface area (Å²) in [6.45, 7) is 4.52. The minimum Gasteiger partial charge on any atom is -0.458 e. The second-order valence-electron chi connectivity index (χ2n) is 4.69. The lowest BCUT2D eigenvalue weighted by Crippen LogP contribution is -2.50. The number of hydrogen-bond donors (Lipinski definition) is 1. The van der Waals surface area contributed by atoms with E-state index in [2.05, 4.69) is 4.74 Å². The van der Waals surface area contributed by atoms with Crippen molar-refractivity contribution in [3.8, 4) is 0 Å². The number of amides is 1.